The van der Waals surface area contributed by atoms with E-state index in [-0.39, 0.29) is 5.91 Å². The van der Waals surface area contributed by atoms with E-state index < -0.39 is 0 Å². The third-order valence-electron chi connectivity index (χ3n) is 6.31. The van der Waals surface area contributed by atoms with E-state index in [2.05, 4.69) is 33.2 Å². The number of benzene rings is 2. The summed E-state index contributed by atoms with van der Waals surface area (Å²) in [4.78, 5) is 20.8. The summed E-state index contributed by atoms with van der Waals surface area (Å²) in [6.45, 7) is 8.02. The number of nitrogens with one attached hydrogen (secondary N) is 2. The van der Waals surface area contributed by atoms with Crippen LogP contribution in [0.1, 0.15) is 17.0 Å². The zero-order valence-corrected chi connectivity index (χ0v) is 20.4. The van der Waals surface area contributed by atoms with Gasteiger partial charge in [0.2, 0.25) is 11.8 Å². The average molecular weight is 489 g/mol. The molecule has 37 heavy (non-hydrogen) atoms. The van der Waals surface area contributed by atoms with E-state index >= 15 is 0 Å². The number of aromatic nitrogens is 4. The summed E-state index contributed by atoms with van der Waals surface area (Å²) in [5.74, 6) is 1.78. The van der Waals surface area contributed by atoms with E-state index in [0.717, 1.165) is 50.7 Å². The van der Waals surface area contributed by atoms with Gasteiger partial charge in [0.25, 0.3) is 0 Å². The number of ether oxygens (including phenoxy) is 1. The van der Waals surface area contributed by atoms with Gasteiger partial charge in [0.05, 0.1) is 11.9 Å². The molecule has 2 aromatic carbocycles. The minimum Gasteiger partial charge on any atom is -0.439 e. The quantitative estimate of drug-likeness (QED) is 0.299. The average Bonchev–Trinajstić information content (AvgIpc) is 3.22. The molecule has 2 N–H and O–H groups in total. The predicted molar refractivity (Wildman–Crippen MR) is 144 cm³/mol. The predicted octanol–water partition coefficient (Wildman–Crippen LogP) is 5.92. The van der Waals surface area contributed by atoms with Crippen molar-refractivity contribution in [1.29, 1.82) is 0 Å². The maximum Gasteiger partial charge on any atom is 0.247 e. The number of anilines is 2. The second-order valence-electron chi connectivity index (χ2n) is 8.89. The standard InChI is InChI=1S/C29H24N6O2/c1-4-24(36)33-21-10-8-19(9-11-21)27-26-23-13-12-22(37-25-7-5-6-17(2)32-25)14-20(23)16-31-29-28(26)35(34-27)18(3)15-30-29/h4-15H,1,16H2,2-3H3,(H,30,31)(H,33,36). The number of fused-ring (bicyclic) bond motifs is 2. The fourth-order valence-corrected chi connectivity index (χ4v) is 4.56. The van der Waals surface area contributed by atoms with Crippen LogP contribution in [0.5, 0.6) is 11.6 Å². The molecule has 0 atom stereocenters. The summed E-state index contributed by atoms with van der Waals surface area (Å²) in [5, 5.41) is 11.3. The maximum absolute atomic E-state index is 11.7. The first-order valence-corrected chi connectivity index (χ1v) is 11.9. The van der Waals surface area contributed by atoms with Crippen molar-refractivity contribution in [2.75, 3.05) is 10.6 Å². The van der Waals surface area contributed by atoms with Crippen LogP contribution in [0.4, 0.5) is 11.5 Å². The third-order valence-corrected chi connectivity index (χ3v) is 6.31. The summed E-state index contributed by atoms with van der Waals surface area (Å²) in [5.41, 5.74) is 8.31. The molecular weight excluding hydrogens is 464 g/mol. The van der Waals surface area contributed by atoms with E-state index in [1.807, 2.05) is 79.2 Å². The lowest BCUT2D eigenvalue weighted by Gasteiger charge is -2.12. The van der Waals surface area contributed by atoms with Gasteiger partial charge in [-0.15, -0.1) is 0 Å². The number of aryl methyl sites for hydroxylation is 2. The first kappa shape index (κ1) is 22.5. The number of amides is 1. The molecule has 8 heteroatoms. The number of rotatable bonds is 5. The highest BCUT2D eigenvalue weighted by atomic mass is 16.5. The van der Waals surface area contributed by atoms with Crippen molar-refractivity contribution in [2.45, 2.75) is 20.4 Å². The van der Waals surface area contributed by atoms with Crippen LogP contribution in [0, 0.1) is 13.8 Å². The molecule has 0 spiro atoms. The van der Waals surface area contributed by atoms with Gasteiger partial charge in [0.1, 0.15) is 17.0 Å². The van der Waals surface area contributed by atoms with Gasteiger partial charge >= 0.3 is 0 Å². The highest BCUT2D eigenvalue weighted by Gasteiger charge is 2.25. The molecule has 6 rings (SSSR count). The lowest BCUT2D eigenvalue weighted by atomic mass is 9.96. The minimum absolute atomic E-state index is 0.253. The number of hydrogen-bond donors (Lipinski definition) is 2. The molecule has 0 saturated heterocycles. The molecule has 0 bridgehead atoms. The van der Waals surface area contributed by atoms with Crippen molar-refractivity contribution in [2.24, 2.45) is 0 Å². The van der Waals surface area contributed by atoms with Gasteiger partial charge in [-0.05, 0) is 61.4 Å². The molecule has 0 radical (unpaired) electrons. The SMILES string of the molecule is C=CC(=O)Nc1ccc(-c2nn3c(C)cnc4c3c2-c2ccc(Oc3cccc(C)n3)cc2CN4)cc1. The number of nitrogens with zero attached hydrogens (tertiary/aromatic N) is 4. The van der Waals surface area contributed by atoms with E-state index in [4.69, 9.17) is 9.84 Å². The van der Waals surface area contributed by atoms with Crippen LogP contribution in [0.2, 0.25) is 0 Å². The molecule has 5 aromatic rings. The van der Waals surface area contributed by atoms with Crippen LogP contribution < -0.4 is 15.4 Å². The lowest BCUT2D eigenvalue weighted by Crippen LogP contribution is -2.06. The summed E-state index contributed by atoms with van der Waals surface area (Å²) in [6.07, 6.45) is 3.07. The monoisotopic (exact) mass is 488 g/mol. The molecule has 0 unspecified atom stereocenters. The number of carbonyl (C=O) groups excluding carboxylic acids is 1. The topological polar surface area (TPSA) is 93.4 Å². The first-order chi connectivity index (χ1) is 18.0. The smallest absolute Gasteiger partial charge is 0.247 e. The number of carbonyl (C=O) groups is 1. The Labute approximate surface area is 213 Å². The van der Waals surface area contributed by atoms with Gasteiger partial charge in [0, 0.05) is 35.1 Å². The molecule has 182 valence electrons. The minimum atomic E-state index is -0.253. The van der Waals surface area contributed by atoms with E-state index in [9.17, 15) is 4.79 Å². The van der Waals surface area contributed by atoms with E-state index in [1.165, 1.54) is 6.08 Å². The van der Waals surface area contributed by atoms with Crippen LogP contribution in [-0.4, -0.2) is 25.5 Å². The fraction of sp³-hybridized carbons (Fsp3) is 0.103. The summed E-state index contributed by atoms with van der Waals surface area (Å²) >= 11 is 0. The van der Waals surface area contributed by atoms with Crippen molar-refractivity contribution in [1.82, 2.24) is 19.6 Å². The first-order valence-electron chi connectivity index (χ1n) is 11.9. The molecule has 1 aliphatic heterocycles. The Hall–Kier alpha value is -4.98. The fourth-order valence-electron chi connectivity index (χ4n) is 4.56. The van der Waals surface area contributed by atoms with Crippen LogP contribution >= 0.6 is 0 Å². The molecule has 0 aliphatic carbocycles. The Morgan fingerprint density at radius 3 is 2.76 bits per heavy atom. The molecule has 8 nitrogen and oxygen atoms in total. The Morgan fingerprint density at radius 1 is 1.14 bits per heavy atom. The van der Waals surface area contributed by atoms with Gasteiger partial charge in [-0.1, -0.05) is 30.8 Å². The zero-order valence-electron chi connectivity index (χ0n) is 20.4. The van der Waals surface area contributed by atoms with Gasteiger partial charge < -0.3 is 15.4 Å². The van der Waals surface area contributed by atoms with Crippen molar-refractivity contribution >= 4 is 22.9 Å². The van der Waals surface area contributed by atoms with Crippen LogP contribution in [0.15, 0.2) is 79.5 Å². The van der Waals surface area contributed by atoms with Crippen molar-refractivity contribution in [3.05, 3.63) is 96.5 Å². The molecule has 1 aliphatic rings. The largest absolute Gasteiger partial charge is 0.439 e. The Morgan fingerprint density at radius 2 is 1.97 bits per heavy atom. The van der Waals surface area contributed by atoms with Gasteiger partial charge in [0.15, 0.2) is 5.82 Å². The molecule has 3 aromatic heterocycles. The van der Waals surface area contributed by atoms with Crippen LogP contribution in [0.25, 0.3) is 27.9 Å². The van der Waals surface area contributed by atoms with Crippen LogP contribution in [-0.2, 0) is 11.3 Å². The maximum atomic E-state index is 11.7. The van der Waals surface area contributed by atoms with Gasteiger partial charge in [-0.2, -0.15) is 5.10 Å². The molecular formula is C29H24N6O2. The van der Waals surface area contributed by atoms with E-state index in [1.54, 1.807) is 0 Å². The van der Waals surface area contributed by atoms with E-state index in [0.29, 0.717) is 23.9 Å². The Bertz CT molecular complexity index is 1690. The summed E-state index contributed by atoms with van der Waals surface area (Å²) in [7, 11) is 0. The second kappa shape index (κ2) is 8.91. The second-order valence-corrected chi connectivity index (χ2v) is 8.89. The normalized spacial score (nSPS) is 11.8. The molecule has 0 saturated carbocycles. The number of pyridine rings is 1. The van der Waals surface area contributed by atoms with Crippen molar-refractivity contribution in [3.63, 3.8) is 0 Å². The molecule has 0 fully saturated rings. The third kappa shape index (κ3) is 4.08. The summed E-state index contributed by atoms with van der Waals surface area (Å²) in [6, 6.07) is 19.4. The van der Waals surface area contributed by atoms with Gasteiger partial charge in [-0.25, -0.2) is 14.5 Å². The Balaban J connectivity index is 1.47. The Kier molecular flexibility index (Phi) is 5.41. The molecule has 1 amide bonds. The number of hydrogen-bond acceptors (Lipinski definition) is 6. The lowest BCUT2D eigenvalue weighted by molar-refractivity contribution is -0.111. The summed E-state index contributed by atoms with van der Waals surface area (Å²) < 4.78 is 8.00. The molecule has 4 heterocycles. The highest BCUT2D eigenvalue weighted by molar-refractivity contribution is 6.00. The van der Waals surface area contributed by atoms with Crippen LogP contribution in [0.3, 0.4) is 0 Å². The zero-order chi connectivity index (χ0) is 25.5. The van der Waals surface area contributed by atoms with Crippen molar-refractivity contribution in [3.8, 4) is 34.0 Å². The highest BCUT2D eigenvalue weighted by Crippen LogP contribution is 2.43. The van der Waals surface area contributed by atoms with Gasteiger partial charge in [-0.3, -0.25) is 4.79 Å². The van der Waals surface area contributed by atoms with Crippen molar-refractivity contribution < 1.29 is 9.53 Å².